The molecule has 0 bridgehead atoms. The number of nitrogens with one attached hydrogen (secondary N) is 1. The average Bonchev–Trinajstić information content (AvgIpc) is 2.68. The van der Waals surface area contributed by atoms with E-state index < -0.39 is 4.92 Å². The first kappa shape index (κ1) is 13.8. The summed E-state index contributed by atoms with van der Waals surface area (Å²) in [5.74, 6) is 0.647. The summed E-state index contributed by atoms with van der Waals surface area (Å²) in [5, 5.41) is 14.2. The monoisotopic (exact) mass is 268 g/mol. The molecular formula is C12H20N4O3. The van der Waals surface area contributed by atoms with Gasteiger partial charge < -0.3 is 20.2 Å². The number of rotatable bonds is 4. The van der Waals surface area contributed by atoms with Gasteiger partial charge in [-0.15, -0.1) is 0 Å². The lowest BCUT2D eigenvalue weighted by Crippen LogP contribution is -2.43. The van der Waals surface area contributed by atoms with E-state index >= 15 is 0 Å². The standard InChI is InChI=1S/C12H20N4O3/c1-8-14-11(16(17)18)12(15(8)3)19-10-7-5-4-6-9(10)13-2/h9-10,13H,4-7H2,1-3H3. The van der Waals surface area contributed by atoms with Crippen LogP contribution in [0.15, 0.2) is 0 Å². The van der Waals surface area contributed by atoms with Gasteiger partial charge >= 0.3 is 5.82 Å². The molecule has 1 aliphatic carbocycles. The largest absolute Gasteiger partial charge is 0.468 e. The lowest BCUT2D eigenvalue weighted by molar-refractivity contribution is -0.390. The van der Waals surface area contributed by atoms with Gasteiger partial charge in [0.05, 0.1) is 0 Å². The number of nitrogens with zero attached hydrogens (tertiary/aromatic N) is 3. The fraction of sp³-hybridized carbons (Fsp3) is 0.750. The van der Waals surface area contributed by atoms with Gasteiger partial charge in [-0.1, -0.05) is 6.42 Å². The summed E-state index contributed by atoms with van der Waals surface area (Å²) in [6.07, 6.45) is 4.16. The first-order valence-electron chi connectivity index (χ1n) is 6.56. The van der Waals surface area contributed by atoms with Crippen LogP contribution in [0.25, 0.3) is 0 Å². The van der Waals surface area contributed by atoms with Crippen molar-refractivity contribution in [1.82, 2.24) is 14.9 Å². The third kappa shape index (κ3) is 2.70. The quantitative estimate of drug-likeness (QED) is 0.661. The van der Waals surface area contributed by atoms with Crippen LogP contribution < -0.4 is 10.1 Å². The van der Waals surface area contributed by atoms with E-state index in [2.05, 4.69) is 10.3 Å². The van der Waals surface area contributed by atoms with E-state index in [1.54, 1.807) is 18.5 Å². The molecule has 106 valence electrons. The highest BCUT2D eigenvalue weighted by atomic mass is 16.6. The Kier molecular flexibility index (Phi) is 4.04. The molecule has 0 amide bonds. The SMILES string of the molecule is CNC1CCCCC1Oc1c([N+](=O)[O-])nc(C)n1C. The van der Waals surface area contributed by atoms with Crippen LogP contribution in [-0.4, -0.2) is 33.7 Å². The van der Waals surface area contributed by atoms with Crippen molar-refractivity contribution >= 4 is 5.82 Å². The summed E-state index contributed by atoms with van der Waals surface area (Å²) in [7, 11) is 3.64. The number of likely N-dealkylation sites (N-methyl/N-ethyl adjacent to an activating group) is 1. The molecule has 7 heteroatoms. The number of aryl methyl sites for hydroxylation is 1. The van der Waals surface area contributed by atoms with Gasteiger partial charge in [-0.25, -0.2) is 0 Å². The second kappa shape index (κ2) is 5.56. The number of ether oxygens (including phenoxy) is 1. The minimum atomic E-state index is -0.487. The van der Waals surface area contributed by atoms with Gasteiger partial charge in [0, 0.05) is 20.0 Å². The lowest BCUT2D eigenvalue weighted by atomic mass is 9.92. The number of aromatic nitrogens is 2. The molecule has 0 saturated heterocycles. The molecule has 1 aromatic heterocycles. The molecule has 0 aliphatic heterocycles. The number of imidazole rings is 1. The summed E-state index contributed by atoms with van der Waals surface area (Å²) >= 11 is 0. The number of nitro groups is 1. The summed E-state index contributed by atoms with van der Waals surface area (Å²) in [5.41, 5.74) is 0. The summed E-state index contributed by atoms with van der Waals surface area (Å²) in [6, 6.07) is 0.239. The molecular weight excluding hydrogens is 248 g/mol. The van der Waals surface area contributed by atoms with E-state index in [0.717, 1.165) is 25.7 Å². The van der Waals surface area contributed by atoms with Crippen LogP contribution in [0.3, 0.4) is 0 Å². The highest BCUT2D eigenvalue weighted by molar-refractivity contribution is 5.36. The molecule has 0 radical (unpaired) electrons. The van der Waals surface area contributed by atoms with Crippen molar-refractivity contribution in [3.05, 3.63) is 15.9 Å². The number of hydrogen-bond donors (Lipinski definition) is 1. The second-order valence-electron chi connectivity index (χ2n) is 4.94. The molecule has 1 N–H and O–H groups in total. The Bertz CT molecular complexity index is 472. The van der Waals surface area contributed by atoms with Crippen LogP contribution in [0.4, 0.5) is 5.82 Å². The van der Waals surface area contributed by atoms with Crippen LogP contribution in [0.2, 0.25) is 0 Å². The van der Waals surface area contributed by atoms with E-state index in [0.29, 0.717) is 5.82 Å². The highest BCUT2D eigenvalue weighted by Crippen LogP contribution is 2.30. The van der Waals surface area contributed by atoms with Crippen LogP contribution in [0, 0.1) is 17.0 Å². The zero-order valence-electron chi connectivity index (χ0n) is 11.5. The minimum Gasteiger partial charge on any atom is -0.468 e. The van der Waals surface area contributed by atoms with Gasteiger partial charge in [-0.05, 0) is 36.2 Å². The Balaban J connectivity index is 2.24. The Morgan fingerprint density at radius 2 is 2.16 bits per heavy atom. The Morgan fingerprint density at radius 1 is 1.47 bits per heavy atom. The van der Waals surface area contributed by atoms with Gasteiger partial charge in [0.15, 0.2) is 0 Å². The first-order valence-corrected chi connectivity index (χ1v) is 6.56. The van der Waals surface area contributed by atoms with Crippen molar-refractivity contribution in [3.8, 4) is 5.88 Å². The normalized spacial score (nSPS) is 23.3. The molecule has 19 heavy (non-hydrogen) atoms. The smallest absolute Gasteiger partial charge is 0.426 e. The fourth-order valence-corrected chi connectivity index (χ4v) is 2.54. The van der Waals surface area contributed by atoms with Crippen LogP contribution >= 0.6 is 0 Å². The highest BCUT2D eigenvalue weighted by Gasteiger charge is 2.32. The molecule has 1 saturated carbocycles. The Hall–Kier alpha value is -1.63. The molecule has 2 unspecified atom stereocenters. The molecule has 1 fully saturated rings. The second-order valence-corrected chi connectivity index (χ2v) is 4.94. The Labute approximate surface area is 112 Å². The Morgan fingerprint density at radius 3 is 2.79 bits per heavy atom. The fourth-order valence-electron chi connectivity index (χ4n) is 2.54. The van der Waals surface area contributed by atoms with Crippen molar-refractivity contribution < 1.29 is 9.66 Å². The van der Waals surface area contributed by atoms with E-state index in [9.17, 15) is 10.1 Å². The van der Waals surface area contributed by atoms with E-state index in [1.165, 1.54) is 0 Å². The minimum absolute atomic E-state index is 0.0350. The molecule has 2 rings (SSSR count). The molecule has 0 spiro atoms. The van der Waals surface area contributed by atoms with Gasteiger partial charge in [-0.3, -0.25) is 4.57 Å². The van der Waals surface area contributed by atoms with Crippen LogP contribution in [-0.2, 0) is 7.05 Å². The molecule has 2 atom stereocenters. The summed E-state index contributed by atoms with van der Waals surface area (Å²) in [6.45, 7) is 1.73. The topological polar surface area (TPSA) is 82.2 Å². The molecule has 1 heterocycles. The first-order chi connectivity index (χ1) is 9.04. The van der Waals surface area contributed by atoms with Crippen LogP contribution in [0.5, 0.6) is 5.88 Å². The third-order valence-electron chi connectivity index (χ3n) is 3.76. The molecule has 1 aliphatic rings. The summed E-state index contributed by atoms with van der Waals surface area (Å²) in [4.78, 5) is 14.5. The van der Waals surface area contributed by atoms with Gasteiger partial charge in [0.25, 0.3) is 5.88 Å². The summed E-state index contributed by atoms with van der Waals surface area (Å²) < 4.78 is 7.54. The molecule has 7 nitrogen and oxygen atoms in total. The zero-order valence-corrected chi connectivity index (χ0v) is 11.5. The number of hydrogen-bond acceptors (Lipinski definition) is 5. The predicted molar refractivity (Wildman–Crippen MR) is 70.3 cm³/mol. The maximum absolute atomic E-state index is 11.0. The van der Waals surface area contributed by atoms with E-state index in [1.807, 2.05) is 7.05 Å². The maximum atomic E-state index is 11.0. The third-order valence-corrected chi connectivity index (χ3v) is 3.76. The van der Waals surface area contributed by atoms with Crippen molar-refractivity contribution in [2.45, 2.75) is 44.8 Å². The van der Waals surface area contributed by atoms with Crippen LogP contribution in [0.1, 0.15) is 31.5 Å². The van der Waals surface area contributed by atoms with Gasteiger partial charge in [0.2, 0.25) is 5.82 Å². The van der Waals surface area contributed by atoms with E-state index in [4.69, 9.17) is 4.74 Å². The van der Waals surface area contributed by atoms with Crippen molar-refractivity contribution in [3.63, 3.8) is 0 Å². The van der Waals surface area contributed by atoms with Crippen molar-refractivity contribution in [1.29, 1.82) is 0 Å². The maximum Gasteiger partial charge on any atom is 0.426 e. The van der Waals surface area contributed by atoms with E-state index in [-0.39, 0.29) is 23.8 Å². The molecule has 1 aromatic rings. The van der Waals surface area contributed by atoms with Crippen molar-refractivity contribution in [2.75, 3.05) is 7.05 Å². The predicted octanol–water partition coefficient (Wildman–Crippen LogP) is 1.55. The molecule has 0 aromatic carbocycles. The average molecular weight is 268 g/mol. The zero-order chi connectivity index (χ0) is 14.0. The van der Waals surface area contributed by atoms with Crippen molar-refractivity contribution in [2.24, 2.45) is 7.05 Å². The lowest BCUT2D eigenvalue weighted by Gasteiger charge is -2.31. The van der Waals surface area contributed by atoms with Gasteiger partial charge in [0.1, 0.15) is 6.10 Å². The van der Waals surface area contributed by atoms with Gasteiger partial charge in [-0.2, -0.15) is 0 Å².